The second kappa shape index (κ2) is 10.7. The molecule has 0 aliphatic rings. The topological polar surface area (TPSA) is 12.0 Å². The van der Waals surface area contributed by atoms with Gasteiger partial charge in [0.1, 0.15) is 0 Å². The van der Waals surface area contributed by atoms with Gasteiger partial charge in [0.25, 0.3) is 0 Å². The lowest BCUT2D eigenvalue weighted by Gasteiger charge is -2.19. The van der Waals surface area contributed by atoms with Crippen molar-refractivity contribution in [1.82, 2.24) is 5.32 Å². The van der Waals surface area contributed by atoms with Crippen molar-refractivity contribution in [3.63, 3.8) is 0 Å². The van der Waals surface area contributed by atoms with Crippen LogP contribution in [-0.2, 0) is 6.54 Å². The summed E-state index contributed by atoms with van der Waals surface area (Å²) in [5.41, 5.74) is 0.810. The molecule has 3 heteroatoms. The third-order valence-corrected chi connectivity index (χ3v) is 3.89. The van der Waals surface area contributed by atoms with Crippen molar-refractivity contribution in [3.8, 4) is 0 Å². The molecule has 0 saturated heterocycles. The molecule has 0 aromatic heterocycles. The van der Waals surface area contributed by atoms with E-state index in [1.807, 2.05) is 0 Å². The highest BCUT2D eigenvalue weighted by atomic mass is 19.2. The largest absolute Gasteiger partial charge is 0.310 e. The fourth-order valence-corrected chi connectivity index (χ4v) is 2.54. The Hall–Kier alpha value is -0.960. The molecule has 1 aromatic carbocycles. The van der Waals surface area contributed by atoms with Crippen molar-refractivity contribution in [3.05, 3.63) is 35.4 Å². The average Bonchev–Trinajstić information content (AvgIpc) is 2.48. The third-order valence-electron chi connectivity index (χ3n) is 3.89. The molecule has 0 spiro atoms. The Bertz CT molecular complexity index is 383. The summed E-state index contributed by atoms with van der Waals surface area (Å²) in [5.74, 6) is -1.54. The number of halogens is 2. The van der Waals surface area contributed by atoms with Gasteiger partial charge in [-0.3, -0.25) is 0 Å². The Morgan fingerprint density at radius 1 is 0.905 bits per heavy atom. The van der Waals surface area contributed by atoms with Gasteiger partial charge in [0.05, 0.1) is 0 Å². The molecule has 0 bridgehead atoms. The fourth-order valence-electron chi connectivity index (χ4n) is 2.54. The zero-order valence-electron chi connectivity index (χ0n) is 13.4. The van der Waals surface area contributed by atoms with Crippen molar-refractivity contribution in [2.45, 2.75) is 77.8 Å². The minimum absolute atomic E-state index is 0.483. The van der Waals surface area contributed by atoms with E-state index in [1.54, 1.807) is 6.07 Å². The van der Waals surface area contributed by atoms with Gasteiger partial charge < -0.3 is 5.32 Å². The molecule has 0 amide bonds. The summed E-state index contributed by atoms with van der Waals surface area (Å²) < 4.78 is 26.1. The zero-order valence-corrected chi connectivity index (χ0v) is 13.4. The summed E-state index contributed by atoms with van der Waals surface area (Å²) >= 11 is 0. The molecule has 120 valence electrons. The van der Waals surface area contributed by atoms with Crippen LogP contribution in [0, 0.1) is 11.6 Å². The maximum Gasteiger partial charge on any atom is 0.159 e. The van der Waals surface area contributed by atoms with Gasteiger partial charge in [0, 0.05) is 12.6 Å². The summed E-state index contributed by atoms with van der Waals surface area (Å²) in [6.45, 7) is 5.03. The molecule has 0 radical (unpaired) electrons. The Morgan fingerprint density at radius 2 is 1.52 bits per heavy atom. The fraction of sp³-hybridized carbons (Fsp3) is 0.667. The summed E-state index contributed by atoms with van der Waals surface area (Å²) in [6.07, 6.45) is 9.78. The molecule has 0 heterocycles. The molecule has 0 fully saturated rings. The summed E-state index contributed by atoms with van der Waals surface area (Å²) in [4.78, 5) is 0. The van der Waals surface area contributed by atoms with E-state index in [0.717, 1.165) is 5.56 Å². The van der Waals surface area contributed by atoms with Crippen molar-refractivity contribution < 1.29 is 8.78 Å². The number of rotatable bonds is 11. The first kappa shape index (κ1) is 18.1. The van der Waals surface area contributed by atoms with E-state index in [4.69, 9.17) is 0 Å². The maximum atomic E-state index is 13.2. The van der Waals surface area contributed by atoms with Gasteiger partial charge in [-0.05, 0) is 30.5 Å². The molecule has 1 N–H and O–H groups in total. The van der Waals surface area contributed by atoms with Gasteiger partial charge >= 0.3 is 0 Å². The predicted octanol–water partition coefficient (Wildman–Crippen LogP) is 5.58. The van der Waals surface area contributed by atoms with E-state index in [2.05, 4.69) is 19.2 Å². The predicted molar refractivity (Wildman–Crippen MR) is 85.3 cm³/mol. The van der Waals surface area contributed by atoms with Crippen LogP contribution in [0.4, 0.5) is 8.78 Å². The van der Waals surface area contributed by atoms with Gasteiger partial charge in [0.15, 0.2) is 11.6 Å². The van der Waals surface area contributed by atoms with Crippen molar-refractivity contribution in [1.29, 1.82) is 0 Å². The number of nitrogens with one attached hydrogen (secondary N) is 1. The first-order valence-electron chi connectivity index (χ1n) is 8.34. The first-order valence-corrected chi connectivity index (χ1v) is 8.34. The molecule has 1 aromatic rings. The van der Waals surface area contributed by atoms with Crippen molar-refractivity contribution in [2.75, 3.05) is 0 Å². The molecule has 0 aliphatic heterocycles. The molecule has 0 atom stereocenters. The second-order valence-electron chi connectivity index (χ2n) is 5.82. The molecule has 0 aliphatic carbocycles. The van der Waals surface area contributed by atoms with Crippen LogP contribution < -0.4 is 5.32 Å². The lowest BCUT2D eigenvalue weighted by Crippen LogP contribution is -2.28. The summed E-state index contributed by atoms with van der Waals surface area (Å²) in [7, 11) is 0. The van der Waals surface area contributed by atoms with E-state index in [0.29, 0.717) is 12.6 Å². The van der Waals surface area contributed by atoms with Gasteiger partial charge in [-0.15, -0.1) is 0 Å². The second-order valence-corrected chi connectivity index (χ2v) is 5.82. The third kappa shape index (κ3) is 7.56. The highest BCUT2D eigenvalue weighted by molar-refractivity contribution is 5.17. The van der Waals surface area contributed by atoms with E-state index < -0.39 is 11.6 Å². The van der Waals surface area contributed by atoms with Crippen molar-refractivity contribution >= 4 is 0 Å². The van der Waals surface area contributed by atoms with E-state index in [1.165, 1.54) is 63.5 Å². The van der Waals surface area contributed by atoms with Crippen LogP contribution in [-0.4, -0.2) is 6.04 Å². The van der Waals surface area contributed by atoms with Gasteiger partial charge in [-0.2, -0.15) is 0 Å². The van der Waals surface area contributed by atoms with Crippen LogP contribution in [0.3, 0.4) is 0 Å². The van der Waals surface area contributed by atoms with Gasteiger partial charge in [0.2, 0.25) is 0 Å². The molecule has 0 saturated carbocycles. The Balaban J connectivity index is 2.43. The highest BCUT2D eigenvalue weighted by Gasteiger charge is 2.09. The lowest BCUT2D eigenvalue weighted by atomic mass is 10.0. The lowest BCUT2D eigenvalue weighted by molar-refractivity contribution is 0.416. The Kier molecular flexibility index (Phi) is 9.24. The quantitative estimate of drug-likeness (QED) is 0.525. The zero-order chi connectivity index (χ0) is 15.5. The van der Waals surface area contributed by atoms with Crippen LogP contribution in [0.5, 0.6) is 0 Å². The molecule has 1 rings (SSSR count). The summed E-state index contributed by atoms with van der Waals surface area (Å²) in [5, 5.41) is 3.51. The summed E-state index contributed by atoms with van der Waals surface area (Å²) in [6, 6.07) is 4.63. The van der Waals surface area contributed by atoms with Gasteiger partial charge in [-0.1, -0.05) is 58.4 Å². The Labute approximate surface area is 128 Å². The Morgan fingerprint density at radius 3 is 2.05 bits per heavy atom. The van der Waals surface area contributed by atoms with Gasteiger partial charge in [-0.25, -0.2) is 8.78 Å². The molecule has 1 nitrogen and oxygen atoms in total. The number of benzene rings is 1. The van der Waals surface area contributed by atoms with E-state index >= 15 is 0 Å². The first-order chi connectivity index (χ1) is 10.2. The standard InChI is InChI=1S/C18H29F2N/c1-3-5-7-9-16(10-8-6-4-2)21-14-15-11-12-17(19)18(20)13-15/h11-13,16,21H,3-10,14H2,1-2H3. The molecular formula is C18H29F2N. The maximum absolute atomic E-state index is 13.2. The smallest absolute Gasteiger partial charge is 0.159 e. The number of hydrogen-bond acceptors (Lipinski definition) is 1. The SMILES string of the molecule is CCCCCC(CCCCC)NCc1ccc(F)c(F)c1. The van der Waals surface area contributed by atoms with Crippen LogP contribution in [0.2, 0.25) is 0 Å². The highest BCUT2D eigenvalue weighted by Crippen LogP contribution is 2.13. The van der Waals surface area contributed by atoms with Crippen LogP contribution >= 0.6 is 0 Å². The number of hydrogen-bond donors (Lipinski definition) is 1. The monoisotopic (exact) mass is 297 g/mol. The number of unbranched alkanes of at least 4 members (excludes halogenated alkanes) is 4. The van der Waals surface area contributed by atoms with Crippen molar-refractivity contribution in [2.24, 2.45) is 0 Å². The molecule has 21 heavy (non-hydrogen) atoms. The van der Waals surface area contributed by atoms with Crippen LogP contribution in [0.15, 0.2) is 18.2 Å². The van der Waals surface area contributed by atoms with E-state index in [9.17, 15) is 8.78 Å². The van der Waals surface area contributed by atoms with E-state index in [-0.39, 0.29) is 0 Å². The minimum atomic E-state index is -0.777. The van der Waals surface area contributed by atoms with Crippen LogP contribution in [0.1, 0.15) is 70.8 Å². The molecular weight excluding hydrogens is 268 g/mol. The molecule has 0 unspecified atom stereocenters. The van der Waals surface area contributed by atoms with Crippen LogP contribution in [0.25, 0.3) is 0 Å². The normalized spacial score (nSPS) is 11.3. The minimum Gasteiger partial charge on any atom is -0.310 e. The average molecular weight is 297 g/mol.